The zero-order valence-electron chi connectivity index (χ0n) is 12.0. The van der Waals surface area contributed by atoms with Crippen LogP contribution >= 0.6 is 0 Å². The molecule has 0 saturated carbocycles. The second-order valence-corrected chi connectivity index (χ2v) is 5.72. The van der Waals surface area contributed by atoms with Gasteiger partial charge >= 0.3 is 0 Å². The van der Waals surface area contributed by atoms with Gasteiger partial charge in [0.15, 0.2) is 0 Å². The number of hydrogen-bond acceptors (Lipinski definition) is 2. The number of carbonyl (C=O) groups excluding carboxylic acids is 1. The van der Waals surface area contributed by atoms with Gasteiger partial charge in [0.25, 0.3) is 0 Å². The van der Waals surface area contributed by atoms with E-state index in [0.29, 0.717) is 24.4 Å². The van der Waals surface area contributed by atoms with Crippen LogP contribution in [-0.4, -0.2) is 40.9 Å². The van der Waals surface area contributed by atoms with Gasteiger partial charge in [0.05, 0.1) is 0 Å². The van der Waals surface area contributed by atoms with Crippen molar-refractivity contribution >= 4 is 12.0 Å². The minimum absolute atomic E-state index is 0.323. The fraction of sp³-hybridized carbons (Fsp3) is 0.471. The first-order chi connectivity index (χ1) is 9.78. The summed E-state index contributed by atoms with van der Waals surface area (Å²) in [6.45, 7) is 3.92. The summed E-state index contributed by atoms with van der Waals surface area (Å²) < 4.78 is 0. The minimum atomic E-state index is 0.323. The summed E-state index contributed by atoms with van der Waals surface area (Å²) in [5, 5.41) is 0. The number of rotatable bonds is 3. The Labute approximate surface area is 120 Å². The lowest BCUT2D eigenvalue weighted by atomic mass is 10.1. The zero-order chi connectivity index (χ0) is 13.9. The standard InChI is InChI=1S/C17H22N2O/c1-2-17(20)19-15-8-9-16(19)13-18(12-15)11-10-14-6-4-3-5-7-14/h3-7,10-11,15-16H,2,8-9,12-13H2,1H3. The molecule has 0 N–H and O–H groups in total. The number of nitrogens with zero attached hydrogens (tertiary/aromatic N) is 2. The first kappa shape index (κ1) is 13.2. The van der Waals surface area contributed by atoms with Gasteiger partial charge in [0.2, 0.25) is 5.91 Å². The number of hydrogen-bond donors (Lipinski definition) is 0. The molecule has 2 aliphatic rings. The topological polar surface area (TPSA) is 23.6 Å². The monoisotopic (exact) mass is 270 g/mol. The van der Waals surface area contributed by atoms with Gasteiger partial charge in [-0.05, 0) is 30.7 Å². The largest absolute Gasteiger partial charge is 0.373 e. The van der Waals surface area contributed by atoms with Crippen LogP contribution in [0.2, 0.25) is 0 Å². The molecule has 1 amide bonds. The second kappa shape index (κ2) is 5.70. The molecular formula is C17H22N2O. The lowest BCUT2D eigenvalue weighted by Crippen LogP contribution is -2.54. The fourth-order valence-electron chi connectivity index (χ4n) is 3.40. The Morgan fingerprint density at radius 1 is 1.20 bits per heavy atom. The first-order valence-corrected chi connectivity index (χ1v) is 7.56. The highest BCUT2D eigenvalue weighted by molar-refractivity contribution is 5.77. The van der Waals surface area contributed by atoms with Crippen LogP contribution in [0.15, 0.2) is 36.5 Å². The van der Waals surface area contributed by atoms with Crippen LogP contribution in [0.3, 0.4) is 0 Å². The predicted molar refractivity (Wildman–Crippen MR) is 81.0 cm³/mol. The molecule has 2 unspecified atom stereocenters. The average molecular weight is 270 g/mol. The van der Waals surface area contributed by atoms with Gasteiger partial charge in [0.1, 0.15) is 0 Å². The van der Waals surface area contributed by atoms with E-state index in [1.165, 1.54) is 5.56 Å². The molecule has 2 heterocycles. The highest BCUT2D eigenvalue weighted by Gasteiger charge is 2.40. The van der Waals surface area contributed by atoms with Gasteiger partial charge < -0.3 is 9.80 Å². The number of benzene rings is 1. The molecule has 1 aromatic rings. The predicted octanol–water partition coefficient (Wildman–Crippen LogP) is 2.74. The first-order valence-electron chi connectivity index (χ1n) is 7.56. The van der Waals surface area contributed by atoms with E-state index in [0.717, 1.165) is 25.9 Å². The van der Waals surface area contributed by atoms with E-state index in [1.54, 1.807) is 0 Å². The van der Waals surface area contributed by atoms with Gasteiger partial charge in [-0.25, -0.2) is 0 Å². The van der Waals surface area contributed by atoms with Crippen molar-refractivity contribution in [3.63, 3.8) is 0 Å². The van der Waals surface area contributed by atoms with E-state index in [9.17, 15) is 4.79 Å². The van der Waals surface area contributed by atoms with Crippen LogP contribution in [0.25, 0.3) is 6.08 Å². The van der Waals surface area contributed by atoms with E-state index in [4.69, 9.17) is 0 Å². The van der Waals surface area contributed by atoms with Gasteiger partial charge in [-0.3, -0.25) is 4.79 Å². The second-order valence-electron chi connectivity index (χ2n) is 5.72. The van der Waals surface area contributed by atoms with Crippen molar-refractivity contribution in [1.82, 2.24) is 9.80 Å². The van der Waals surface area contributed by atoms with Crippen LogP contribution in [0, 0.1) is 0 Å². The highest BCUT2D eigenvalue weighted by atomic mass is 16.2. The Morgan fingerprint density at radius 2 is 1.85 bits per heavy atom. The maximum atomic E-state index is 12.0. The van der Waals surface area contributed by atoms with Crippen molar-refractivity contribution in [2.45, 2.75) is 38.3 Å². The van der Waals surface area contributed by atoms with Gasteiger partial charge in [-0.2, -0.15) is 0 Å². The normalized spacial score (nSPS) is 25.4. The van der Waals surface area contributed by atoms with Crippen molar-refractivity contribution in [1.29, 1.82) is 0 Å². The average Bonchev–Trinajstić information content (AvgIpc) is 2.76. The summed E-state index contributed by atoms with van der Waals surface area (Å²) >= 11 is 0. The maximum absolute atomic E-state index is 12.0. The smallest absolute Gasteiger partial charge is 0.222 e. The number of piperazine rings is 1. The van der Waals surface area contributed by atoms with Crippen LogP contribution in [0.1, 0.15) is 31.7 Å². The quantitative estimate of drug-likeness (QED) is 0.843. The maximum Gasteiger partial charge on any atom is 0.222 e. The Kier molecular flexibility index (Phi) is 3.77. The van der Waals surface area contributed by atoms with Crippen molar-refractivity contribution in [3.05, 3.63) is 42.1 Å². The summed E-state index contributed by atoms with van der Waals surface area (Å²) in [5.41, 5.74) is 1.23. The Hall–Kier alpha value is -1.77. The Bertz CT molecular complexity index is 483. The third-order valence-corrected chi connectivity index (χ3v) is 4.38. The summed E-state index contributed by atoms with van der Waals surface area (Å²) in [5.74, 6) is 0.323. The van der Waals surface area contributed by atoms with Crippen LogP contribution in [-0.2, 0) is 4.79 Å². The van der Waals surface area contributed by atoms with E-state index in [2.05, 4.69) is 46.3 Å². The molecule has 1 aromatic carbocycles. The van der Waals surface area contributed by atoms with Crippen LogP contribution in [0.4, 0.5) is 0 Å². The molecule has 2 fully saturated rings. The third kappa shape index (κ3) is 2.58. The Balaban J connectivity index is 1.66. The molecule has 20 heavy (non-hydrogen) atoms. The molecular weight excluding hydrogens is 248 g/mol. The third-order valence-electron chi connectivity index (χ3n) is 4.38. The number of amides is 1. The number of carbonyl (C=O) groups is 1. The van der Waals surface area contributed by atoms with Gasteiger partial charge in [0, 0.05) is 31.6 Å². The molecule has 0 spiro atoms. The van der Waals surface area contributed by atoms with E-state index in [-0.39, 0.29) is 0 Å². The fourth-order valence-corrected chi connectivity index (χ4v) is 3.40. The molecule has 106 valence electrons. The molecule has 2 atom stereocenters. The summed E-state index contributed by atoms with van der Waals surface area (Å²) in [6, 6.07) is 11.2. The lowest BCUT2D eigenvalue weighted by Gasteiger charge is -2.40. The van der Waals surface area contributed by atoms with Crippen molar-refractivity contribution in [2.75, 3.05) is 13.1 Å². The SMILES string of the molecule is CCC(=O)N1C2CCC1CN(C=Cc1ccccc1)C2. The molecule has 2 saturated heterocycles. The molecule has 3 rings (SSSR count). The van der Waals surface area contributed by atoms with Gasteiger partial charge in [-0.1, -0.05) is 37.3 Å². The number of fused-ring (bicyclic) bond motifs is 2. The molecule has 0 aliphatic carbocycles. The van der Waals surface area contributed by atoms with E-state index < -0.39 is 0 Å². The Morgan fingerprint density at radius 3 is 2.45 bits per heavy atom. The highest BCUT2D eigenvalue weighted by Crippen LogP contribution is 2.30. The van der Waals surface area contributed by atoms with E-state index >= 15 is 0 Å². The summed E-state index contributed by atoms with van der Waals surface area (Å²) in [4.78, 5) is 16.5. The summed E-state index contributed by atoms with van der Waals surface area (Å²) in [7, 11) is 0. The van der Waals surface area contributed by atoms with Crippen molar-refractivity contribution in [2.24, 2.45) is 0 Å². The summed E-state index contributed by atoms with van der Waals surface area (Å²) in [6.07, 6.45) is 7.30. The lowest BCUT2D eigenvalue weighted by molar-refractivity contribution is -0.136. The van der Waals surface area contributed by atoms with E-state index in [1.807, 2.05) is 13.0 Å². The zero-order valence-corrected chi connectivity index (χ0v) is 12.0. The molecule has 0 aromatic heterocycles. The van der Waals surface area contributed by atoms with Crippen molar-refractivity contribution < 1.29 is 4.79 Å². The molecule has 3 nitrogen and oxygen atoms in total. The van der Waals surface area contributed by atoms with Crippen LogP contribution in [0.5, 0.6) is 0 Å². The van der Waals surface area contributed by atoms with Crippen molar-refractivity contribution in [3.8, 4) is 0 Å². The minimum Gasteiger partial charge on any atom is -0.373 e. The van der Waals surface area contributed by atoms with Gasteiger partial charge in [-0.15, -0.1) is 0 Å². The molecule has 2 bridgehead atoms. The molecule has 2 aliphatic heterocycles. The molecule has 0 radical (unpaired) electrons. The number of likely N-dealkylation sites (tertiary alicyclic amines) is 1. The molecule has 3 heteroatoms. The van der Waals surface area contributed by atoms with Crippen LogP contribution < -0.4 is 0 Å².